The Hall–Kier alpha value is -2.58. The predicted octanol–water partition coefficient (Wildman–Crippen LogP) is 1.18. The van der Waals surface area contributed by atoms with Crippen molar-refractivity contribution in [2.24, 2.45) is 5.92 Å². The van der Waals surface area contributed by atoms with Gasteiger partial charge in [-0.15, -0.1) is 0 Å². The summed E-state index contributed by atoms with van der Waals surface area (Å²) in [5.41, 5.74) is 1.71. The topological polar surface area (TPSA) is 100 Å². The molecule has 2 amide bonds. The molecule has 0 saturated carbocycles. The number of likely N-dealkylation sites (tertiary alicyclic amines) is 1. The average Bonchev–Trinajstić information content (AvgIpc) is 3.15. The molecule has 0 bridgehead atoms. The number of carbonyl (C=O) groups excluding carboxylic acids is 2. The molecule has 0 aliphatic carbocycles. The van der Waals surface area contributed by atoms with E-state index in [9.17, 15) is 14.7 Å². The molecule has 8 nitrogen and oxygen atoms in total. The van der Waals surface area contributed by atoms with Crippen molar-refractivity contribution in [1.29, 1.82) is 0 Å². The van der Waals surface area contributed by atoms with Gasteiger partial charge in [-0.05, 0) is 43.5 Å². The van der Waals surface area contributed by atoms with Gasteiger partial charge < -0.3 is 25.2 Å². The number of hydrogen-bond donors (Lipinski definition) is 3. The molecule has 2 aliphatic rings. The molecular formula is C20H27N3O5. The van der Waals surface area contributed by atoms with Crippen molar-refractivity contribution in [2.45, 2.75) is 19.4 Å². The number of esters is 1. The third kappa shape index (κ3) is 4.45. The Balaban J connectivity index is 1.94. The van der Waals surface area contributed by atoms with Crippen LogP contribution in [0.2, 0.25) is 0 Å². The number of aliphatic hydroxyl groups excluding tert-OH is 1. The first-order chi connectivity index (χ1) is 13.5. The number of amides is 2. The minimum Gasteiger partial charge on any atom is -0.497 e. The average molecular weight is 389 g/mol. The zero-order valence-electron chi connectivity index (χ0n) is 16.2. The molecule has 3 N–H and O–H groups in total. The molecule has 152 valence electrons. The summed E-state index contributed by atoms with van der Waals surface area (Å²) in [6.45, 7) is 4.10. The van der Waals surface area contributed by atoms with Crippen LogP contribution < -0.4 is 15.4 Å². The van der Waals surface area contributed by atoms with E-state index in [-0.39, 0.29) is 25.2 Å². The van der Waals surface area contributed by atoms with Gasteiger partial charge in [0.25, 0.3) is 0 Å². The van der Waals surface area contributed by atoms with E-state index in [0.29, 0.717) is 23.6 Å². The number of carbonyl (C=O) groups is 2. The van der Waals surface area contributed by atoms with E-state index in [1.54, 1.807) is 26.2 Å². The van der Waals surface area contributed by atoms with Crippen LogP contribution >= 0.6 is 0 Å². The first kappa shape index (κ1) is 20.2. The Bertz CT molecular complexity index is 747. The van der Waals surface area contributed by atoms with E-state index in [2.05, 4.69) is 15.5 Å². The molecule has 8 heteroatoms. The van der Waals surface area contributed by atoms with Crippen LogP contribution in [0.1, 0.15) is 24.9 Å². The van der Waals surface area contributed by atoms with E-state index in [1.807, 2.05) is 12.1 Å². The van der Waals surface area contributed by atoms with E-state index < -0.39 is 12.0 Å². The smallest absolute Gasteiger partial charge is 0.338 e. The zero-order valence-corrected chi connectivity index (χ0v) is 16.2. The van der Waals surface area contributed by atoms with Crippen LogP contribution in [0.5, 0.6) is 5.75 Å². The van der Waals surface area contributed by atoms with Crippen molar-refractivity contribution in [3.8, 4) is 5.75 Å². The Labute approximate surface area is 164 Å². The maximum atomic E-state index is 12.8. The molecule has 1 aromatic rings. The standard InChI is InChI=1S/C20H27N3O5/c1-3-28-19(25)17-16(11-23-9-8-13(10-23)12-24)21-20(26)22-18(17)14-4-6-15(27-2)7-5-14/h4-7,13,18,24H,3,8-12H2,1-2H3,(H2,21,22,26)/t13-,18+/m0/s1. The van der Waals surface area contributed by atoms with Crippen molar-refractivity contribution in [2.75, 3.05) is 40.0 Å². The third-order valence-electron chi connectivity index (χ3n) is 5.11. The number of methoxy groups -OCH3 is 1. The Morgan fingerprint density at radius 1 is 1.32 bits per heavy atom. The Morgan fingerprint density at radius 3 is 2.68 bits per heavy atom. The second-order valence-electron chi connectivity index (χ2n) is 6.99. The zero-order chi connectivity index (χ0) is 20.1. The quantitative estimate of drug-likeness (QED) is 0.606. The monoisotopic (exact) mass is 389 g/mol. The molecule has 0 spiro atoms. The van der Waals surface area contributed by atoms with E-state index >= 15 is 0 Å². The Morgan fingerprint density at radius 2 is 2.07 bits per heavy atom. The lowest BCUT2D eigenvalue weighted by atomic mass is 9.95. The highest BCUT2D eigenvalue weighted by atomic mass is 16.5. The highest BCUT2D eigenvalue weighted by Crippen LogP contribution is 2.30. The van der Waals surface area contributed by atoms with Gasteiger partial charge >= 0.3 is 12.0 Å². The van der Waals surface area contributed by atoms with Crippen LogP contribution in [0.15, 0.2) is 35.5 Å². The summed E-state index contributed by atoms with van der Waals surface area (Å²) < 4.78 is 10.5. The lowest BCUT2D eigenvalue weighted by molar-refractivity contribution is -0.139. The van der Waals surface area contributed by atoms with E-state index in [1.165, 1.54) is 0 Å². The molecular weight excluding hydrogens is 362 g/mol. The fourth-order valence-electron chi connectivity index (χ4n) is 3.67. The number of ether oxygens (including phenoxy) is 2. The van der Waals surface area contributed by atoms with Gasteiger partial charge in [0.15, 0.2) is 0 Å². The minimum absolute atomic E-state index is 0.142. The van der Waals surface area contributed by atoms with Crippen LogP contribution in [-0.4, -0.2) is 62.0 Å². The van der Waals surface area contributed by atoms with Crippen molar-refractivity contribution >= 4 is 12.0 Å². The van der Waals surface area contributed by atoms with Crippen molar-refractivity contribution in [1.82, 2.24) is 15.5 Å². The van der Waals surface area contributed by atoms with Gasteiger partial charge in [0, 0.05) is 25.4 Å². The van der Waals surface area contributed by atoms with Crippen LogP contribution in [0.4, 0.5) is 4.79 Å². The molecule has 2 aliphatic heterocycles. The van der Waals surface area contributed by atoms with Crippen LogP contribution in [0, 0.1) is 5.92 Å². The Kier molecular flexibility index (Phi) is 6.53. The van der Waals surface area contributed by atoms with Crippen molar-refractivity contribution in [3.05, 3.63) is 41.1 Å². The molecule has 2 heterocycles. The second-order valence-corrected chi connectivity index (χ2v) is 6.99. The van der Waals surface area contributed by atoms with Crippen molar-refractivity contribution in [3.63, 3.8) is 0 Å². The number of urea groups is 1. The number of aliphatic hydroxyl groups is 1. The molecule has 3 rings (SSSR count). The van der Waals surface area contributed by atoms with Crippen LogP contribution in [0.3, 0.4) is 0 Å². The number of hydrogen-bond acceptors (Lipinski definition) is 6. The summed E-state index contributed by atoms with van der Waals surface area (Å²) in [4.78, 5) is 27.2. The number of nitrogens with one attached hydrogen (secondary N) is 2. The summed E-state index contributed by atoms with van der Waals surface area (Å²) in [7, 11) is 1.58. The van der Waals surface area contributed by atoms with Crippen molar-refractivity contribution < 1.29 is 24.2 Å². The fourth-order valence-corrected chi connectivity index (χ4v) is 3.67. The van der Waals surface area contributed by atoms with Gasteiger partial charge in [0.1, 0.15) is 5.75 Å². The highest BCUT2D eigenvalue weighted by molar-refractivity contribution is 5.95. The fraction of sp³-hybridized carbons (Fsp3) is 0.500. The summed E-state index contributed by atoms with van der Waals surface area (Å²) in [5.74, 6) is 0.461. The first-order valence-electron chi connectivity index (χ1n) is 9.50. The maximum absolute atomic E-state index is 12.8. The molecule has 2 atom stereocenters. The van der Waals surface area contributed by atoms with Gasteiger partial charge in [-0.1, -0.05) is 12.1 Å². The number of benzene rings is 1. The van der Waals surface area contributed by atoms with Gasteiger partial charge in [0.2, 0.25) is 0 Å². The second kappa shape index (κ2) is 9.07. The van der Waals surface area contributed by atoms with Gasteiger partial charge in [-0.2, -0.15) is 0 Å². The summed E-state index contributed by atoms with van der Waals surface area (Å²) in [6.07, 6.45) is 0.895. The van der Waals surface area contributed by atoms with Gasteiger partial charge in [-0.25, -0.2) is 9.59 Å². The molecule has 1 saturated heterocycles. The molecule has 1 aromatic carbocycles. The van der Waals surface area contributed by atoms with Gasteiger partial charge in [-0.3, -0.25) is 4.90 Å². The largest absolute Gasteiger partial charge is 0.497 e. The van der Waals surface area contributed by atoms with E-state index in [4.69, 9.17) is 9.47 Å². The highest BCUT2D eigenvalue weighted by Gasteiger charge is 2.35. The SMILES string of the molecule is CCOC(=O)C1=C(CN2CC[C@H](CO)C2)NC(=O)N[C@@H]1c1ccc(OC)cc1. The summed E-state index contributed by atoms with van der Waals surface area (Å²) in [5, 5.41) is 15.0. The lowest BCUT2D eigenvalue weighted by Gasteiger charge is -2.31. The van der Waals surface area contributed by atoms with Gasteiger partial charge in [0.05, 0.1) is 25.3 Å². The molecule has 28 heavy (non-hydrogen) atoms. The maximum Gasteiger partial charge on any atom is 0.338 e. The van der Waals surface area contributed by atoms with Crippen LogP contribution in [0.25, 0.3) is 0 Å². The molecule has 0 radical (unpaired) electrons. The van der Waals surface area contributed by atoms with E-state index in [0.717, 1.165) is 25.1 Å². The number of nitrogens with zero attached hydrogens (tertiary/aromatic N) is 1. The molecule has 0 aromatic heterocycles. The van der Waals surface area contributed by atoms with Crippen LogP contribution in [-0.2, 0) is 9.53 Å². The minimum atomic E-state index is -0.607. The first-order valence-corrected chi connectivity index (χ1v) is 9.50. The third-order valence-corrected chi connectivity index (χ3v) is 5.11. The molecule has 1 fully saturated rings. The lowest BCUT2D eigenvalue weighted by Crippen LogP contribution is -2.48. The normalized spacial score (nSPS) is 22.6. The summed E-state index contributed by atoms with van der Waals surface area (Å²) in [6, 6.07) is 6.26. The summed E-state index contributed by atoms with van der Waals surface area (Å²) >= 11 is 0. The molecule has 0 unspecified atom stereocenters. The number of rotatable bonds is 7. The predicted molar refractivity (Wildman–Crippen MR) is 103 cm³/mol.